The van der Waals surface area contributed by atoms with Crippen LogP contribution in [0.3, 0.4) is 0 Å². The van der Waals surface area contributed by atoms with E-state index in [1.807, 2.05) is 37.3 Å². The number of furan rings is 1. The highest BCUT2D eigenvalue weighted by Gasteiger charge is 2.53. The van der Waals surface area contributed by atoms with Gasteiger partial charge in [-0.05, 0) is 32.4 Å². The van der Waals surface area contributed by atoms with Crippen molar-refractivity contribution in [2.24, 2.45) is 0 Å². The minimum absolute atomic E-state index is 0.0824. The first kappa shape index (κ1) is 15.6. The molecule has 126 valence electrons. The van der Waals surface area contributed by atoms with E-state index in [0.717, 1.165) is 23.2 Å². The molecule has 0 radical (unpaired) electrons. The lowest BCUT2D eigenvalue weighted by molar-refractivity contribution is -0.138. The summed E-state index contributed by atoms with van der Waals surface area (Å²) in [5, 5.41) is 4.03. The highest BCUT2D eigenvalue weighted by molar-refractivity contribution is 8.01. The van der Waals surface area contributed by atoms with Crippen LogP contribution in [0.15, 0.2) is 34.7 Å². The van der Waals surface area contributed by atoms with Crippen LogP contribution in [0.25, 0.3) is 11.0 Å². The standard InChI is InChI=1S/C18H20N2O3S/c1-11(15-9-12-5-3-4-6-14(12)23-15)19-17(22)13-10-24-18(2)8-7-16(21)20(13)18/h3-6,9,11,13H,7-8,10H2,1-2H3,(H,19,22). The lowest BCUT2D eigenvalue weighted by atomic mass is 10.2. The summed E-state index contributed by atoms with van der Waals surface area (Å²) in [5.74, 6) is 1.36. The average molecular weight is 344 g/mol. The van der Waals surface area contributed by atoms with Crippen LogP contribution < -0.4 is 5.32 Å². The number of hydrogen-bond acceptors (Lipinski definition) is 4. The molecule has 3 atom stereocenters. The number of amides is 2. The van der Waals surface area contributed by atoms with Gasteiger partial charge < -0.3 is 14.6 Å². The number of nitrogens with zero attached hydrogens (tertiary/aromatic N) is 1. The third-order valence-corrected chi connectivity index (χ3v) is 6.48. The van der Waals surface area contributed by atoms with Gasteiger partial charge in [-0.25, -0.2) is 0 Å². The number of carbonyl (C=O) groups is 2. The Balaban J connectivity index is 1.50. The molecule has 1 aromatic carbocycles. The molecule has 2 fully saturated rings. The number of nitrogens with one attached hydrogen (secondary N) is 1. The largest absolute Gasteiger partial charge is 0.459 e. The fourth-order valence-electron chi connectivity index (χ4n) is 3.61. The van der Waals surface area contributed by atoms with Gasteiger partial charge in [-0.2, -0.15) is 0 Å². The topological polar surface area (TPSA) is 62.6 Å². The summed E-state index contributed by atoms with van der Waals surface area (Å²) in [5.41, 5.74) is 0.812. The van der Waals surface area contributed by atoms with Gasteiger partial charge in [-0.1, -0.05) is 18.2 Å². The van der Waals surface area contributed by atoms with Crippen LogP contribution in [0.2, 0.25) is 0 Å². The van der Waals surface area contributed by atoms with Crippen molar-refractivity contribution in [1.29, 1.82) is 0 Å². The molecule has 0 saturated carbocycles. The maximum atomic E-state index is 12.7. The fraction of sp³-hybridized carbons (Fsp3) is 0.444. The molecule has 24 heavy (non-hydrogen) atoms. The van der Waals surface area contributed by atoms with E-state index in [2.05, 4.69) is 12.2 Å². The Hall–Kier alpha value is -1.95. The van der Waals surface area contributed by atoms with E-state index in [9.17, 15) is 9.59 Å². The summed E-state index contributed by atoms with van der Waals surface area (Å²) in [6, 6.07) is 9.11. The normalized spacial score (nSPS) is 27.5. The monoisotopic (exact) mass is 344 g/mol. The third kappa shape index (κ3) is 2.40. The van der Waals surface area contributed by atoms with Crippen molar-refractivity contribution < 1.29 is 14.0 Å². The summed E-state index contributed by atoms with van der Waals surface area (Å²) in [4.78, 5) is 26.4. The van der Waals surface area contributed by atoms with Crippen LogP contribution in [0.4, 0.5) is 0 Å². The van der Waals surface area contributed by atoms with Gasteiger partial charge >= 0.3 is 0 Å². The molecule has 0 aliphatic carbocycles. The summed E-state index contributed by atoms with van der Waals surface area (Å²) in [7, 11) is 0. The molecule has 2 amide bonds. The molecule has 0 bridgehead atoms. The molecular formula is C18H20N2O3S. The second-order valence-electron chi connectivity index (χ2n) is 6.68. The van der Waals surface area contributed by atoms with Gasteiger partial charge in [0.1, 0.15) is 17.4 Å². The molecule has 1 N–H and O–H groups in total. The second-order valence-corrected chi connectivity index (χ2v) is 8.18. The summed E-state index contributed by atoms with van der Waals surface area (Å²) < 4.78 is 5.82. The van der Waals surface area contributed by atoms with E-state index in [1.165, 1.54) is 0 Å². The maximum absolute atomic E-state index is 12.7. The van der Waals surface area contributed by atoms with Crippen molar-refractivity contribution in [2.45, 2.75) is 43.6 Å². The zero-order chi connectivity index (χ0) is 16.9. The van der Waals surface area contributed by atoms with Crippen LogP contribution >= 0.6 is 11.8 Å². The molecule has 2 saturated heterocycles. The Kier molecular flexibility index (Phi) is 3.60. The van der Waals surface area contributed by atoms with Gasteiger partial charge in [0.05, 0.1) is 10.9 Å². The molecular weight excluding hydrogens is 324 g/mol. The van der Waals surface area contributed by atoms with Crippen LogP contribution in [-0.4, -0.2) is 33.4 Å². The smallest absolute Gasteiger partial charge is 0.244 e. The minimum atomic E-state index is -0.387. The number of carbonyl (C=O) groups excluding carboxylic acids is 2. The number of fused-ring (bicyclic) bond motifs is 2. The molecule has 3 heterocycles. The molecule has 2 aliphatic rings. The first-order chi connectivity index (χ1) is 11.5. The zero-order valence-corrected chi connectivity index (χ0v) is 14.6. The van der Waals surface area contributed by atoms with E-state index >= 15 is 0 Å². The van der Waals surface area contributed by atoms with Crippen LogP contribution in [0.1, 0.15) is 38.5 Å². The number of thioether (sulfide) groups is 1. The van der Waals surface area contributed by atoms with Gasteiger partial charge in [-0.3, -0.25) is 9.59 Å². The van der Waals surface area contributed by atoms with Crippen molar-refractivity contribution in [2.75, 3.05) is 5.75 Å². The minimum Gasteiger partial charge on any atom is -0.459 e. The summed E-state index contributed by atoms with van der Waals surface area (Å²) in [6.07, 6.45) is 1.35. The van der Waals surface area contributed by atoms with Crippen LogP contribution in [0, 0.1) is 0 Å². The van der Waals surface area contributed by atoms with Crippen molar-refractivity contribution in [3.05, 3.63) is 36.1 Å². The van der Waals surface area contributed by atoms with Crippen molar-refractivity contribution >= 4 is 34.5 Å². The van der Waals surface area contributed by atoms with Crippen LogP contribution in [-0.2, 0) is 9.59 Å². The molecule has 0 spiro atoms. The number of benzene rings is 1. The maximum Gasteiger partial charge on any atom is 0.244 e. The van der Waals surface area contributed by atoms with Gasteiger partial charge in [0.25, 0.3) is 0 Å². The first-order valence-electron chi connectivity index (χ1n) is 8.23. The zero-order valence-electron chi connectivity index (χ0n) is 13.7. The van der Waals surface area contributed by atoms with Crippen LogP contribution in [0.5, 0.6) is 0 Å². The predicted octanol–water partition coefficient (Wildman–Crippen LogP) is 3.06. The lowest BCUT2D eigenvalue weighted by Gasteiger charge is -2.30. The molecule has 3 unspecified atom stereocenters. The molecule has 2 aliphatic heterocycles. The Labute approximate surface area is 144 Å². The van der Waals surface area contributed by atoms with Gasteiger partial charge in [0, 0.05) is 17.6 Å². The van der Waals surface area contributed by atoms with E-state index < -0.39 is 0 Å². The number of para-hydroxylation sites is 1. The fourth-order valence-corrected chi connectivity index (χ4v) is 5.04. The van der Waals surface area contributed by atoms with Crippen molar-refractivity contribution in [1.82, 2.24) is 10.2 Å². The van der Waals surface area contributed by atoms with Gasteiger partial charge in [0.15, 0.2) is 0 Å². The van der Waals surface area contributed by atoms with Gasteiger partial charge in [-0.15, -0.1) is 11.8 Å². The van der Waals surface area contributed by atoms with E-state index in [1.54, 1.807) is 16.7 Å². The Morgan fingerprint density at radius 1 is 1.46 bits per heavy atom. The van der Waals surface area contributed by atoms with E-state index in [4.69, 9.17) is 4.42 Å². The molecule has 6 heteroatoms. The Morgan fingerprint density at radius 3 is 3.04 bits per heavy atom. The van der Waals surface area contributed by atoms with Crippen molar-refractivity contribution in [3.8, 4) is 0 Å². The summed E-state index contributed by atoms with van der Waals surface area (Å²) in [6.45, 7) is 3.96. The quantitative estimate of drug-likeness (QED) is 0.929. The number of hydrogen-bond donors (Lipinski definition) is 1. The van der Waals surface area contributed by atoms with E-state index in [-0.39, 0.29) is 28.8 Å². The highest BCUT2D eigenvalue weighted by atomic mass is 32.2. The first-order valence-corrected chi connectivity index (χ1v) is 9.21. The molecule has 1 aromatic heterocycles. The SMILES string of the molecule is CC(NC(=O)C1CSC2(C)CCC(=O)N12)c1cc2ccccc2o1. The average Bonchev–Trinajstić information content (AvgIpc) is 3.21. The van der Waals surface area contributed by atoms with E-state index in [0.29, 0.717) is 12.2 Å². The molecule has 4 rings (SSSR count). The molecule has 2 aromatic rings. The predicted molar refractivity (Wildman–Crippen MR) is 93.5 cm³/mol. The van der Waals surface area contributed by atoms with Gasteiger partial charge in [0.2, 0.25) is 11.8 Å². The Bertz CT molecular complexity index is 784. The van der Waals surface area contributed by atoms with Crippen molar-refractivity contribution in [3.63, 3.8) is 0 Å². The third-order valence-electron chi connectivity index (χ3n) is 4.98. The second kappa shape index (κ2) is 5.55. The summed E-state index contributed by atoms with van der Waals surface area (Å²) >= 11 is 1.70. The molecule has 5 nitrogen and oxygen atoms in total. The lowest BCUT2D eigenvalue weighted by Crippen LogP contribution is -2.50. The highest BCUT2D eigenvalue weighted by Crippen LogP contribution is 2.47. The number of rotatable bonds is 3. The Morgan fingerprint density at radius 2 is 2.25 bits per heavy atom.